The number of amides is 1. The number of aryl methyl sites for hydroxylation is 2. The van der Waals surface area contributed by atoms with Gasteiger partial charge in [0.25, 0.3) is 5.91 Å². The Kier molecular flexibility index (Phi) is 4.63. The SMILES string of the molecule is Cc1nc(CC2CCN(C(=O)c3cc4c(s3)CC[C@@H](C)C4)CC2)no1. The average molecular weight is 359 g/mol. The van der Waals surface area contributed by atoms with Gasteiger partial charge < -0.3 is 9.42 Å². The smallest absolute Gasteiger partial charge is 0.263 e. The van der Waals surface area contributed by atoms with Crippen molar-refractivity contribution in [2.24, 2.45) is 11.8 Å². The van der Waals surface area contributed by atoms with Crippen molar-refractivity contribution in [3.63, 3.8) is 0 Å². The van der Waals surface area contributed by atoms with Gasteiger partial charge in [-0.2, -0.15) is 4.98 Å². The number of nitrogens with zero attached hydrogens (tertiary/aromatic N) is 3. The van der Waals surface area contributed by atoms with Crippen molar-refractivity contribution in [1.82, 2.24) is 15.0 Å². The summed E-state index contributed by atoms with van der Waals surface area (Å²) in [5, 5.41) is 3.99. The molecule has 0 spiro atoms. The number of rotatable bonds is 3. The van der Waals surface area contributed by atoms with Crippen molar-refractivity contribution in [2.45, 2.75) is 52.4 Å². The van der Waals surface area contributed by atoms with E-state index in [2.05, 4.69) is 23.1 Å². The van der Waals surface area contributed by atoms with Crippen LogP contribution >= 0.6 is 11.3 Å². The zero-order valence-corrected chi connectivity index (χ0v) is 15.8. The van der Waals surface area contributed by atoms with Gasteiger partial charge in [0.15, 0.2) is 5.82 Å². The minimum Gasteiger partial charge on any atom is -0.340 e. The number of carbonyl (C=O) groups excluding carboxylic acids is 1. The Morgan fingerprint density at radius 2 is 2.16 bits per heavy atom. The molecule has 0 aromatic carbocycles. The summed E-state index contributed by atoms with van der Waals surface area (Å²) in [5.41, 5.74) is 1.41. The van der Waals surface area contributed by atoms with Gasteiger partial charge in [-0.15, -0.1) is 11.3 Å². The monoisotopic (exact) mass is 359 g/mol. The number of thiophene rings is 1. The molecule has 6 heteroatoms. The molecule has 0 bridgehead atoms. The summed E-state index contributed by atoms with van der Waals surface area (Å²) < 4.78 is 5.05. The summed E-state index contributed by atoms with van der Waals surface area (Å²) in [6, 6.07) is 2.16. The molecule has 1 aliphatic carbocycles. The maximum Gasteiger partial charge on any atom is 0.263 e. The molecule has 25 heavy (non-hydrogen) atoms. The van der Waals surface area contributed by atoms with E-state index in [0.29, 0.717) is 11.8 Å². The highest BCUT2D eigenvalue weighted by molar-refractivity contribution is 7.14. The Morgan fingerprint density at radius 1 is 1.36 bits per heavy atom. The van der Waals surface area contributed by atoms with Crippen molar-refractivity contribution in [3.05, 3.63) is 33.1 Å². The highest BCUT2D eigenvalue weighted by Crippen LogP contribution is 2.33. The van der Waals surface area contributed by atoms with Gasteiger partial charge in [0, 0.05) is 31.3 Å². The standard InChI is InChI=1S/C19H25N3O2S/c1-12-3-4-16-15(9-12)11-17(25-16)19(23)22-7-5-14(6-8-22)10-18-20-13(2)24-21-18/h11-12,14H,3-10H2,1-2H3/t12-/m1/s1. The molecule has 1 fully saturated rings. The Balaban J connectivity index is 1.35. The molecular weight excluding hydrogens is 334 g/mol. The molecule has 0 saturated carbocycles. The topological polar surface area (TPSA) is 59.2 Å². The summed E-state index contributed by atoms with van der Waals surface area (Å²) >= 11 is 1.72. The van der Waals surface area contributed by atoms with Crippen LogP contribution in [0.1, 0.15) is 58.0 Å². The Labute approximate surface area is 152 Å². The number of hydrogen-bond donors (Lipinski definition) is 0. The fourth-order valence-corrected chi connectivity index (χ4v) is 5.17. The number of fused-ring (bicyclic) bond motifs is 1. The molecule has 1 amide bonds. The van der Waals surface area contributed by atoms with Crippen molar-refractivity contribution >= 4 is 17.2 Å². The highest BCUT2D eigenvalue weighted by Gasteiger charge is 2.27. The van der Waals surface area contributed by atoms with Crippen molar-refractivity contribution < 1.29 is 9.32 Å². The lowest BCUT2D eigenvalue weighted by Crippen LogP contribution is -2.38. The zero-order valence-electron chi connectivity index (χ0n) is 15.0. The second-order valence-electron chi connectivity index (χ2n) is 7.58. The van der Waals surface area contributed by atoms with E-state index in [0.717, 1.165) is 61.8 Å². The summed E-state index contributed by atoms with van der Waals surface area (Å²) in [6.45, 7) is 5.79. The normalized spacial score (nSPS) is 21.4. The van der Waals surface area contributed by atoms with Crippen LogP contribution in [0.25, 0.3) is 0 Å². The van der Waals surface area contributed by atoms with Crippen LogP contribution in [0.2, 0.25) is 0 Å². The predicted octanol–water partition coefficient (Wildman–Crippen LogP) is 3.66. The minimum absolute atomic E-state index is 0.223. The molecule has 2 aliphatic rings. The first-order valence-corrected chi connectivity index (χ1v) is 10.1. The van der Waals surface area contributed by atoms with Crippen molar-refractivity contribution in [2.75, 3.05) is 13.1 Å². The summed E-state index contributed by atoms with van der Waals surface area (Å²) in [5.74, 6) is 2.93. The van der Waals surface area contributed by atoms with E-state index < -0.39 is 0 Å². The van der Waals surface area contributed by atoms with E-state index in [-0.39, 0.29) is 5.91 Å². The predicted molar refractivity (Wildman–Crippen MR) is 96.9 cm³/mol. The number of carbonyl (C=O) groups is 1. The number of aromatic nitrogens is 2. The van der Waals surface area contributed by atoms with Crippen molar-refractivity contribution in [1.29, 1.82) is 0 Å². The molecule has 2 aromatic heterocycles. The van der Waals surface area contributed by atoms with Crippen LogP contribution in [0.3, 0.4) is 0 Å². The Morgan fingerprint density at radius 3 is 2.88 bits per heavy atom. The van der Waals surface area contributed by atoms with E-state index in [4.69, 9.17) is 4.52 Å². The fraction of sp³-hybridized carbons (Fsp3) is 0.632. The van der Waals surface area contributed by atoms with Crippen LogP contribution in [0.5, 0.6) is 0 Å². The van der Waals surface area contributed by atoms with Gasteiger partial charge in [-0.3, -0.25) is 4.79 Å². The molecule has 4 rings (SSSR count). The Bertz CT molecular complexity index is 759. The molecule has 1 aliphatic heterocycles. The third-order valence-electron chi connectivity index (χ3n) is 5.48. The number of likely N-dealkylation sites (tertiary alicyclic amines) is 1. The van der Waals surface area contributed by atoms with Gasteiger partial charge in [-0.25, -0.2) is 0 Å². The average Bonchev–Trinajstić information content (AvgIpc) is 3.20. The van der Waals surface area contributed by atoms with E-state index in [1.54, 1.807) is 11.3 Å². The van der Waals surface area contributed by atoms with Crippen LogP contribution in [0.4, 0.5) is 0 Å². The van der Waals surface area contributed by atoms with Crippen LogP contribution in [0.15, 0.2) is 10.6 Å². The lowest BCUT2D eigenvalue weighted by molar-refractivity contribution is 0.0694. The van der Waals surface area contributed by atoms with E-state index >= 15 is 0 Å². The molecule has 3 heterocycles. The minimum atomic E-state index is 0.223. The first-order chi connectivity index (χ1) is 12.1. The number of hydrogen-bond acceptors (Lipinski definition) is 5. The molecule has 134 valence electrons. The van der Waals surface area contributed by atoms with E-state index in [1.807, 2.05) is 11.8 Å². The summed E-state index contributed by atoms with van der Waals surface area (Å²) in [7, 11) is 0. The van der Waals surface area contributed by atoms with Crippen LogP contribution in [-0.4, -0.2) is 34.0 Å². The molecule has 1 saturated heterocycles. The fourth-order valence-electron chi connectivity index (χ4n) is 3.99. The van der Waals surface area contributed by atoms with Gasteiger partial charge >= 0.3 is 0 Å². The van der Waals surface area contributed by atoms with Gasteiger partial charge in [0.05, 0.1) is 4.88 Å². The largest absolute Gasteiger partial charge is 0.340 e. The third kappa shape index (κ3) is 3.64. The first-order valence-electron chi connectivity index (χ1n) is 9.28. The molecule has 0 N–H and O–H groups in total. The van der Waals surface area contributed by atoms with Crippen molar-refractivity contribution in [3.8, 4) is 0 Å². The van der Waals surface area contributed by atoms with Crippen LogP contribution < -0.4 is 0 Å². The molecule has 2 aromatic rings. The van der Waals surface area contributed by atoms with E-state index in [9.17, 15) is 4.79 Å². The molecule has 0 radical (unpaired) electrons. The van der Waals surface area contributed by atoms with Gasteiger partial charge in [-0.05, 0) is 55.6 Å². The van der Waals surface area contributed by atoms with Gasteiger partial charge in [0.1, 0.15) is 0 Å². The number of piperidine rings is 1. The molecule has 0 unspecified atom stereocenters. The maximum atomic E-state index is 12.9. The lowest BCUT2D eigenvalue weighted by Gasteiger charge is -2.31. The highest BCUT2D eigenvalue weighted by atomic mass is 32.1. The van der Waals surface area contributed by atoms with Gasteiger partial charge in [0.2, 0.25) is 5.89 Å². The maximum absolute atomic E-state index is 12.9. The lowest BCUT2D eigenvalue weighted by atomic mass is 9.90. The van der Waals surface area contributed by atoms with Gasteiger partial charge in [-0.1, -0.05) is 12.1 Å². The molecule has 1 atom stereocenters. The molecule has 5 nitrogen and oxygen atoms in total. The quantitative estimate of drug-likeness (QED) is 0.839. The van der Waals surface area contributed by atoms with Crippen LogP contribution in [-0.2, 0) is 19.3 Å². The third-order valence-corrected chi connectivity index (χ3v) is 6.71. The zero-order chi connectivity index (χ0) is 17.4. The molecular formula is C19H25N3O2S. The van der Waals surface area contributed by atoms with Crippen LogP contribution in [0, 0.1) is 18.8 Å². The summed E-state index contributed by atoms with van der Waals surface area (Å²) in [4.78, 5) is 21.6. The second kappa shape index (κ2) is 6.90. The van der Waals surface area contributed by atoms with E-state index in [1.165, 1.54) is 16.9 Å². The Hall–Kier alpha value is -1.69. The second-order valence-corrected chi connectivity index (χ2v) is 8.71. The first kappa shape index (κ1) is 16.8. The summed E-state index contributed by atoms with van der Waals surface area (Å²) in [6.07, 6.45) is 6.40.